The lowest BCUT2D eigenvalue weighted by Gasteiger charge is -2.24. The van der Waals surface area contributed by atoms with Gasteiger partial charge >= 0.3 is 0 Å². The minimum Gasteiger partial charge on any atom is -0.369 e. The molecule has 0 spiro atoms. The molecule has 0 amide bonds. The molecule has 1 saturated heterocycles. The fraction of sp³-hybridized carbons (Fsp3) is 0.444. The molecule has 0 atom stereocenters. The van der Waals surface area contributed by atoms with E-state index in [0.29, 0.717) is 17.7 Å². The summed E-state index contributed by atoms with van der Waals surface area (Å²) in [6, 6.07) is 7.83. The molecule has 0 unspecified atom stereocenters. The van der Waals surface area contributed by atoms with Crippen molar-refractivity contribution in [3.63, 3.8) is 0 Å². The molecule has 1 aliphatic rings. The normalized spacial score (nSPS) is 15.0. The summed E-state index contributed by atoms with van der Waals surface area (Å²) in [5.74, 6) is -0.478. The van der Waals surface area contributed by atoms with Gasteiger partial charge in [-0.05, 0) is 68.5 Å². The molecule has 1 fully saturated rings. The first kappa shape index (κ1) is 24.5. The maximum atomic E-state index is 15.3. The number of fused-ring (bicyclic) bond motifs is 1. The van der Waals surface area contributed by atoms with Gasteiger partial charge in [0.1, 0.15) is 10.7 Å². The highest BCUT2D eigenvalue weighted by atomic mass is 32.2. The smallest absolute Gasteiger partial charge is 0.211 e. The number of hydrogen-bond donors (Lipinski definition) is 0. The van der Waals surface area contributed by atoms with Crippen molar-refractivity contribution in [2.75, 3.05) is 18.0 Å². The molecule has 0 aliphatic carbocycles. The molecule has 7 heteroatoms. The standard InChI is InChI=1S/C27H33FN2O3S/c1-4-5-12-30-18-26(34(32,33)21-11-10-19(2)20(3)15-21)27(31)22-16-23(28)25(17-24(22)30)29-13-8-6-7-9-14-29/h10-11,15-18H,4-9,12-14H2,1-3H3. The molecule has 0 N–H and O–H groups in total. The molecule has 2 heterocycles. The quantitative estimate of drug-likeness (QED) is 0.446. The highest BCUT2D eigenvalue weighted by molar-refractivity contribution is 7.91. The zero-order valence-electron chi connectivity index (χ0n) is 20.2. The molecule has 5 nitrogen and oxygen atoms in total. The third-order valence-electron chi connectivity index (χ3n) is 6.89. The topological polar surface area (TPSA) is 59.4 Å². The average Bonchev–Trinajstić information content (AvgIpc) is 3.09. The number of nitrogens with zero attached hydrogens (tertiary/aromatic N) is 2. The van der Waals surface area contributed by atoms with Crippen LogP contribution in [0.1, 0.15) is 56.6 Å². The predicted octanol–water partition coefficient (Wildman–Crippen LogP) is 5.77. The third kappa shape index (κ3) is 4.63. The van der Waals surface area contributed by atoms with E-state index in [-0.39, 0.29) is 15.2 Å². The first-order chi connectivity index (χ1) is 16.2. The first-order valence-electron chi connectivity index (χ1n) is 12.2. The number of aromatic nitrogens is 1. The summed E-state index contributed by atoms with van der Waals surface area (Å²) in [6.07, 6.45) is 7.46. The Labute approximate surface area is 201 Å². The second-order valence-corrected chi connectivity index (χ2v) is 11.3. The fourth-order valence-corrected chi connectivity index (χ4v) is 6.09. The van der Waals surface area contributed by atoms with Gasteiger partial charge in [-0.2, -0.15) is 0 Å². The van der Waals surface area contributed by atoms with Crippen LogP contribution in [0, 0.1) is 19.7 Å². The van der Waals surface area contributed by atoms with E-state index in [0.717, 1.165) is 62.7 Å². The van der Waals surface area contributed by atoms with Crippen LogP contribution in [0.25, 0.3) is 10.9 Å². The molecule has 182 valence electrons. The molecule has 4 rings (SSSR count). The lowest BCUT2D eigenvalue weighted by Crippen LogP contribution is -2.26. The van der Waals surface area contributed by atoms with Crippen LogP contribution in [0.4, 0.5) is 10.1 Å². The van der Waals surface area contributed by atoms with E-state index in [2.05, 4.69) is 11.8 Å². The second kappa shape index (κ2) is 9.90. The summed E-state index contributed by atoms with van der Waals surface area (Å²) in [6.45, 7) is 7.91. The molecule has 2 aromatic carbocycles. The van der Waals surface area contributed by atoms with Gasteiger partial charge in [0, 0.05) is 25.8 Å². The van der Waals surface area contributed by atoms with Gasteiger partial charge in [0.2, 0.25) is 15.3 Å². The Morgan fingerprint density at radius 1 is 0.971 bits per heavy atom. The first-order valence-corrected chi connectivity index (χ1v) is 13.7. The Hall–Kier alpha value is -2.67. The SMILES string of the molecule is CCCCn1cc(S(=O)(=O)c2ccc(C)c(C)c2)c(=O)c2cc(F)c(N3CCCCCC3)cc21. The number of halogens is 1. The van der Waals surface area contributed by atoms with Crippen molar-refractivity contribution in [3.8, 4) is 0 Å². The van der Waals surface area contributed by atoms with Crippen LogP contribution in [-0.4, -0.2) is 26.1 Å². The van der Waals surface area contributed by atoms with Crippen LogP contribution in [0.5, 0.6) is 0 Å². The average molecular weight is 485 g/mol. The lowest BCUT2D eigenvalue weighted by molar-refractivity contribution is 0.590. The number of aryl methyl sites for hydroxylation is 3. The maximum absolute atomic E-state index is 15.3. The predicted molar refractivity (Wildman–Crippen MR) is 135 cm³/mol. The van der Waals surface area contributed by atoms with E-state index < -0.39 is 21.1 Å². The Morgan fingerprint density at radius 3 is 2.32 bits per heavy atom. The Morgan fingerprint density at radius 2 is 1.68 bits per heavy atom. The van der Waals surface area contributed by atoms with Crippen molar-refractivity contribution >= 4 is 26.4 Å². The minimum absolute atomic E-state index is 0.0794. The molecule has 1 aliphatic heterocycles. The number of hydrogen-bond acceptors (Lipinski definition) is 4. The van der Waals surface area contributed by atoms with Crippen molar-refractivity contribution in [1.29, 1.82) is 0 Å². The van der Waals surface area contributed by atoms with Crippen LogP contribution >= 0.6 is 0 Å². The fourth-order valence-electron chi connectivity index (χ4n) is 4.64. The molecule has 0 saturated carbocycles. The van der Waals surface area contributed by atoms with E-state index >= 15 is 4.39 Å². The van der Waals surface area contributed by atoms with Crippen molar-refractivity contribution < 1.29 is 12.8 Å². The summed E-state index contributed by atoms with van der Waals surface area (Å²) in [5.41, 5.74) is 2.23. The lowest BCUT2D eigenvalue weighted by atomic mass is 10.1. The summed E-state index contributed by atoms with van der Waals surface area (Å²) >= 11 is 0. The van der Waals surface area contributed by atoms with Gasteiger partial charge in [-0.3, -0.25) is 4.79 Å². The van der Waals surface area contributed by atoms with Crippen LogP contribution in [0.3, 0.4) is 0 Å². The Bertz CT molecular complexity index is 1370. The van der Waals surface area contributed by atoms with Gasteiger partial charge in [-0.1, -0.05) is 32.3 Å². The molecule has 1 aromatic heterocycles. The van der Waals surface area contributed by atoms with Crippen LogP contribution in [-0.2, 0) is 16.4 Å². The number of anilines is 1. The zero-order chi connectivity index (χ0) is 24.5. The number of sulfone groups is 1. The summed E-state index contributed by atoms with van der Waals surface area (Å²) < 4.78 is 44.1. The summed E-state index contributed by atoms with van der Waals surface area (Å²) in [7, 11) is -4.06. The highest BCUT2D eigenvalue weighted by Gasteiger charge is 2.26. The van der Waals surface area contributed by atoms with Gasteiger partial charge < -0.3 is 9.47 Å². The highest BCUT2D eigenvalue weighted by Crippen LogP contribution is 2.29. The van der Waals surface area contributed by atoms with Crippen molar-refractivity contribution in [1.82, 2.24) is 4.57 Å². The number of benzene rings is 2. The maximum Gasteiger partial charge on any atom is 0.211 e. The molecule has 3 aromatic rings. The molecule has 0 radical (unpaired) electrons. The third-order valence-corrected chi connectivity index (χ3v) is 8.64. The van der Waals surface area contributed by atoms with Crippen LogP contribution in [0.15, 0.2) is 51.1 Å². The molecular weight excluding hydrogens is 451 g/mol. The van der Waals surface area contributed by atoms with Crippen molar-refractivity contribution in [2.24, 2.45) is 0 Å². The van der Waals surface area contributed by atoms with Crippen LogP contribution < -0.4 is 10.3 Å². The van der Waals surface area contributed by atoms with E-state index in [1.165, 1.54) is 18.3 Å². The zero-order valence-corrected chi connectivity index (χ0v) is 21.0. The van der Waals surface area contributed by atoms with E-state index in [1.807, 2.05) is 18.4 Å². The van der Waals surface area contributed by atoms with E-state index in [9.17, 15) is 13.2 Å². The largest absolute Gasteiger partial charge is 0.369 e. The van der Waals surface area contributed by atoms with Gasteiger partial charge in [-0.25, -0.2) is 12.8 Å². The number of rotatable bonds is 6. The molecule has 0 bridgehead atoms. The van der Waals surface area contributed by atoms with Gasteiger partial charge in [-0.15, -0.1) is 0 Å². The van der Waals surface area contributed by atoms with Crippen LogP contribution in [0.2, 0.25) is 0 Å². The van der Waals surface area contributed by atoms with Gasteiger partial charge in [0.15, 0.2) is 0 Å². The second-order valence-electron chi connectivity index (χ2n) is 9.34. The molecule has 34 heavy (non-hydrogen) atoms. The van der Waals surface area contributed by atoms with Crippen molar-refractivity contribution in [2.45, 2.75) is 75.6 Å². The summed E-state index contributed by atoms with van der Waals surface area (Å²) in [5, 5.41) is 0.108. The number of pyridine rings is 1. The molecular formula is C27H33FN2O3S. The Balaban J connectivity index is 1.92. The monoisotopic (exact) mass is 484 g/mol. The van der Waals surface area contributed by atoms with E-state index in [1.54, 1.807) is 18.2 Å². The van der Waals surface area contributed by atoms with Gasteiger partial charge in [0.05, 0.1) is 21.5 Å². The van der Waals surface area contributed by atoms with Gasteiger partial charge in [0.25, 0.3) is 0 Å². The summed E-state index contributed by atoms with van der Waals surface area (Å²) in [4.78, 5) is 15.3. The minimum atomic E-state index is -4.06. The van der Waals surface area contributed by atoms with Crippen molar-refractivity contribution in [3.05, 3.63) is 63.7 Å². The number of unbranched alkanes of at least 4 members (excludes halogenated alkanes) is 1. The Kier molecular flexibility index (Phi) is 7.12. The van der Waals surface area contributed by atoms with E-state index in [4.69, 9.17) is 0 Å².